The summed E-state index contributed by atoms with van der Waals surface area (Å²) >= 11 is 4.88. The van der Waals surface area contributed by atoms with Gasteiger partial charge in [-0.3, -0.25) is 9.69 Å². The number of nitrogens with one attached hydrogen (secondary N) is 1. The number of piperidine rings is 1. The SMILES string of the molecule is O=C(NC1CCN(Cc2ccccc2)CC1)c1ccc(Br)s1. The summed E-state index contributed by atoms with van der Waals surface area (Å²) in [6.45, 7) is 3.07. The molecule has 5 heteroatoms. The van der Waals surface area contributed by atoms with E-state index in [2.05, 4.69) is 50.4 Å². The van der Waals surface area contributed by atoms with Crippen molar-refractivity contribution in [1.82, 2.24) is 10.2 Å². The first-order valence-electron chi connectivity index (χ1n) is 7.53. The van der Waals surface area contributed by atoms with Crippen LogP contribution in [0.4, 0.5) is 0 Å². The molecule has 1 aromatic heterocycles. The number of likely N-dealkylation sites (tertiary alicyclic amines) is 1. The van der Waals surface area contributed by atoms with Gasteiger partial charge >= 0.3 is 0 Å². The lowest BCUT2D eigenvalue weighted by atomic mass is 10.0. The molecule has 2 heterocycles. The van der Waals surface area contributed by atoms with Crippen molar-refractivity contribution in [3.8, 4) is 0 Å². The van der Waals surface area contributed by atoms with Crippen molar-refractivity contribution in [2.45, 2.75) is 25.4 Å². The molecule has 0 aliphatic carbocycles. The van der Waals surface area contributed by atoms with Crippen LogP contribution in [0.2, 0.25) is 0 Å². The van der Waals surface area contributed by atoms with Gasteiger partial charge in [0.1, 0.15) is 0 Å². The number of hydrogen-bond donors (Lipinski definition) is 1. The van der Waals surface area contributed by atoms with E-state index in [1.165, 1.54) is 16.9 Å². The number of carbonyl (C=O) groups excluding carboxylic acids is 1. The Morgan fingerprint density at radius 2 is 1.91 bits per heavy atom. The number of nitrogens with zero attached hydrogens (tertiary/aromatic N) is 1. The van der Waals surface area contributed by atoms with Crippen LogP contribution in [-0.2, 0) is 6.54 Å². The van der Waals surface area contributed by atoms with Crippen LogP contribution in [0.15, 0.2) is 46.3 Å². The average molecular weight is 379 g/mol. The minimum atomic E-state index is 0.0530. The Balaban J connectivity index is 1.46. The molecule has 0 spiro atoms. The van der Waals surface area contributed by atoms with Crippen molar-refractivity contribution >= 4 is 33.2 Å². The van der Waals surface area contributed by atoms with Crippen molar-refractivity contribution in [3.05, 3.63) is 56.7 Å². The van der Waals surface area contributed by atoms with E-state index in [1.807, 2.05) is 18.2 Å². The van der Waals surface area contributed by atoms with Gasteiger partial charge in [0.15, 0.2) is 0 Å². The number of carbonyl (C=O) groups is 1. The van der Waals surface area contributed by atoms with E-state index in [-0.39, 0.29) is 5.91 Å². The molecule has 0 atom stereocenters. The largest absolute Gasteiger partial charge is 0.349 e. The predicted molar refractivity (Wildman–Crippen MR) is 94.2 cm³/mol. The Morgan fingerprint density at radius 3 is 2.55 bits per heavy atom. The first-order valence-corrected chi connectivity index (χ1v) is 9.14. The molecule has 1 N–H and O–H groups in total. The topological polar surface area (TPSA) is 32.3 Å². The molecule has 0 saturated carbocycles. The van der Waals surface area contributed by atoms with Crippen LogP contribution in [0.5, 0.6) is 0 Å². The summed E-state index contributed by atoms with van der Waals surface area (Å²) in [5, 5.41) is 3.16. The van der Waals surface area contributed by atoms with E-state index < -0.39 is 0 Å². The second kappa shape index (κ2) is 7.40. The van der Waals surface area contributed by atoms with Crippen LogP contribution in [-0.4, -0.2) is 29.9 Å². The van der Waals surface area contributed by atoms with Crippen LogP contribution >= 0.6 is 27.3 Å². The van der Waals surface area contributed by atoms with Gasteiger partial charge in [-0.05, 0) is 46.5 Å². The lowest BCUT2D eigenvalue weighted by molar-refractivity contribution is 0.0913. The Hall–Kier alpha value is -1.17. The second-order valence-electron chi connectivity index (χ2n) is 5.61. The minimum absolute atomic E-state index is 0.0530. The normalized spacial score (nSPS) is 16.6. The number of rotatable bonds is 4. The Kier molecular flexibility index (Phi) is 5.28. The highest BCUT2D eigenvalue weighted by Gasteiger charge is 2.21. The summed E-state index contributed by atoms with van der Waals surface area (Å²) in [5.74, 6) is 0.0530. The molecule has 22 heavy (non-hydrogen) atoms. The fourth-order valence-electron chi connectivity index (χ4n) is 2.77. The summed E-state index contributed by atoms with van der Waals surface area (Å²) in [5.41, 5.74) is 1.36. The van der Waals surface area contributed by atoms with Gasteiger partial charge in [0.2, 0.25) is 0 Å². The molecular formula is C17H19BrN2OS. The molecular weight excluding hydrogens is 360 g/mol. The molecule has 1 aliphatic rings. The van der Waals surface area contributed by atoms with Crippen LogP contribution in [0.3, 0.4) is 0 Å². The Morgan fingerprint density at radius 1 is 1.18 bits per heavy atom. The Labute approximate surface area is 143 Å². The summed E-state index contributed by atoms with van der Waals surface area (Å²) in [4.78, 5) is 15.4. The number of hydrogen-bond acceptors (Lipinski definition) is 3. The fourth-order valence-corrected chi connectivity index (χ4v) is 4.06. The van der Waals surface area contributed by atoms with Gasteiger partial charge in [-0.2, -0.15) is 0 Å². The summed E-state index contributed by atoms with van der Waals surface area (Å²) in [6, 6.07) is 14.6. The molecule has 1 saturated heterocycles. The van der Waals surface area contributed by atoms with E-state index in [9.17, 15) is 4.79 Å². The maximum Gasteiger partial charge on any atom is 0.261 e. The zero-order valence-corrected chi connectivity index (χ0v) is 14.7. The molecule has 1 aromatic carbocycles. The predicted octanol–water partition coefficient (Wildman–Crippen LogP) is 3.91. The molecule has 0 unspecified atom stereocenters. The minimum Gasteiger partial charge on any atom is -0.349 e. The highest BCUT2D eigenvalue weighted by atomic mass is 79.9. The third kappa shape index (κ3) is 4.18. The van der Waals surface area contributed by atoms with Crippen LogP contribution in [0.1, 0.15) is 28.1 Å². The van der Waals surface area contributed by atoms with Gasteiger partial charge in [-0.25, -0.2) is 0 Å². The van der Waals surface area contributed by atoms with E-state index in [0.717, 1.165) is 41.1 Å². The van der Waals surface area contributed by atoms with Crippen molar-refractivity contribution in [2.75, 3.05) is 13.1 Å². The summed E-state index contributed by atoms with van der Waals surface area (Å²) < 4.78 is 0.996. The molecule has 116 valence electrons. The average Bonchev–Trinajstić information content (AvgIpc) is 2.97. The van der Waals surface area contributed by atoms with Crippen molar-refractivity contribution in [1.29, 1.82) is 0 Å². The van der Waals surface area contributed by atoms with E-state index in [1.54, 1.807) is 0 Å². The quantitative estimate of drug-likeness (QED) is 0.874. The number of benzene rings is 1. The van der Waals surface area contributed by atoms with Gasteiger partial charge in [0, 0.05) is 25.7 Å². The van der Waals surface area contributed by atoms with Crippen LogP contribution in [0, 0.1) is 0 Å². The number of amides is 1. The van der Waals surface area contributed by atoms with Gasteiger partial charge < -0.3 is 5.32 Å². The summed E-state index contributed by atoms with van der Waals surface area (Å²) in [6.07, 6.45) is 2.04. The molecule has 0 bridgehead atoms. The first kappa shape index (κ1) is 15.7. The zero-order chi connectivity index (χ0) is 15.4. The highest BCUT2D eigenvalue weighted by molar-refractivity contribution is 9.11. The molecule has 2 aromatic rings. The molecule has 0 radical (unpaired) electrons. The first-order chi connectivity index (χ1) is 10.7. The van der Waals surface area contributed by atoms with Gasteiger partial charge in [0.25, 0.3) is 5.91 Å². The maximum atomic E-state index is 12.2. The number of thiophene rings is 1. The van der Waals surface area contributed by atoms with E-state index in [0.29, 0.717) is 6.04 Å². The molecule has 3 nitrogen and oxygen atoms in total. The van der Waals surface area contributed by atoms with Gasteiger partial charge in [0.05, 0.1) is 8.66 Å². The second-order valence-corrected chi connectivity index (χ2v) is 8.08. The fraction of sp³-hybridized carbons (Fsp3) is 0.353. The van der Waals surface area contributed by atoms with Gasteiger partial charge in [-0.1, -0.05) is 30.3 Å². The lowest BCUT2D eigenvalue weighted by Crippen LogP contribution is -2.44. The standard InChI is InChI=1S/C17H19BrN2OS/c18-16-7-6-15(22-16)17(21)19-14-8-10-20(11-9-14)12-13-4-2-1-3-5-13/h1-7,14H,8-12H2,(H,19,21). The molecule has 1 fully saturated rings. The van der Waals surface area contributed by atoms with E-state index in [4.69, 9.17) is 0 Å². The van der Waals surface area contributed by atoms with E-state index >= 15 is 0 Å². The molecule has 1 amide bonds. The van der Waals surface area contributed by atoms with Crippen LogP contribution in [0.25, 0.3) is 0 Å². The Bertz CT molecular complexity index is 621. The van der Waals surface area contributed by atoms with Crippen molar-refractivity contribution in [3.63, 3.8) is 0 Å². The maximum absolute atomic E-state index is 12.2. The van der Waals surface area contributed by atoms with Crippen molar-refractivity contribution in [2.24, 2.45) is 0 Å². The third-order valence-electron chi connectivity index (χ3n) is 3.97. The number of halogens is 1. The lowest BCUT2D eigenvalue weighted by Gasteiger charge is -2.32. The van der Waals surface area contributed by atoms with Crippen molar-refractivity contribution < 1.29 is 4.79 Å². The third-order valence-corrected chi connectivity index (χ3v) is 5.59. The summed E-state index contributed by atoms with van der Waals surface area (Å²) in [7, 11) is 0. The highest BCUT2D eigenvalue weighted by Crippen LogP contribution is 2.22. The molecule has 3 rings (SSSR count). The molecule has 1 aliphatic heterocycles. The smallest absolute Gasteiger partial charge is 0.261 e. The zero-order valence-electron chi connectivity index (χ0n) is 12.3. The van der Waals surface area contributed by atoms with Crippen LogP contribution < -0.4 is 5.32 Å². The van der Waals surface area contributed by atoms with Gasteiger partial charge in [-0.15, -0.1) is 11.3 Å². The monoisotopic (exact) mass is 378 g/mol.